The first-order chi connectivity index (χ1) is 6.86. The highest BCUT2D eigenvalue weighted by Crippen LogP contribution is 2.41. The van der Waals surface area contributed by atoms with Crippen LogP contribution in [-0.2, 0) is 0 Å². The molecule has 2 heteroatoms. The standard InChI is InChI=1S/C12H21NO/c14-12-9-3-5-10(12)11(6-4-9)13-7-1-2-8-13/h9-12,14H,1-8H2/p+1/t9-,10+,11-,12-/m1/s1. The molecule has 2 bridgehead atoms. The highest BCUT2D eigenvalue weighted by atomic mass is 16.3. The van der Waals surface area contributed by atoms with E-state index in [2.05, 4.69) is 0 Å². The van der Waals surface area contributed by atoms with E-state index < -0.39 is 0 Å². The Morgan fingerprint density at radius 1 is 0.929 bits per heavy atom. The van der Waals surface area contributed by atoms with E-state index in [0.29, 0.717) is 11.8 Å². The maximum Gasteiger partial charge on any atom is 0.0928 e. The quantitative estimate of drug-likeness (QED) is 0.616. The van der Waals surface area contributed by atoms with Crippen molar-refractivity contribution >= 4 is 0 Å². The fourth-order valence-electron chi connectivity index (χ4n) is 4.17. The lowest BCUT2D eigenvalue weighted by Gasteiger charge is -2.36. The highest BCUT2D eigenvalue weighted by molar-refractivity contribution is 4.93. The molecule has 4 atom stereocenters. The fourth-order valence-corrected chi connectivity index (χ4v) is 4.17. The molecule has 0 aromatic carbocycles. The Balaban J connectivity index is 1.73. The van der Waals surface area contributed by atoms with Crippen molar-refractivity contribution in [3.05, 3.63) is 0 Å². The van der Waals surface area contributed by atoms with E-state index in [0.717, 1.165) is 6.04 Å². The van der Waals surface area contributed by atoms with Crippen LogP contribution >= 0.6 is 0 Å². The van der Waals surface area contributed by atoms with Crippen LogP contribution in [0.5, 0.6) is 0 Å². The van der Waals surface area contributed by atoms with Gasteiger partial charge in [0.25, 0.3) is 0 Å². The molecule has 0 aromatic heterocycles. The van der Waals surface area contributed by atoms with Gasteiger partial charge in [0.05, 0.1) is 25.2 Å². The van der Waals surface area contributed by atoms with Gasteiger partial charge in [-0.3, -0.25) is 0 Å². The Hall–Kier alpha value is -0.0800. The van der Waals surface area contributed by atoms with Gasteiger partial charge in [0, 0.05) is 25.2 Å². The van der Waals surface area contributed by atoms with Crippen LogP contribution in [0.2, 0.25) is 0 Å². The lowest BCUT2D eigenvalue weighted by atomic mass is 9.81. The number of nitrogens with one attached hydrogen (secondary N) is 1. The SMILES string of the molecule is O[C@@H]1[C@@H]2CC[C@H]1[C@H]([NH+]1CCCC1)CC2. The molecule has 3 rings (SSSR count). The minimum absolute atomic E-state index is 0.0573. The summed E-state index contributed by atoms with van der Waals surface area (Å²) in [6.07, 6.45) is 8.18. The van der Waals surface area contributed by atoms with Gasteiger partial charge in [-0.05, 0) is 25.2 Å². The normalized spacial score (nSPS) is 48.6. The molecule has 2 nitrogen and oxygen atoms in total. The minimum Gasteiger partial charge on any atom is -0.392 e. The Morgan fingerprint density at radius 3 is 2.43 bits per heavy atom. The Labute approximate surface area is 86.3 Å². The topological polar surface area (TPSA) is 24.7 Å². The largest absolute Gasteiger partial charge is 0.392 e. The van der Waals surface area contributed by atoms with Gasteiger partial charge in [0.2, 0.25) is 0 Å². The van der Waals surface area contributed by atoms with Gasteiger partial charge >= 0.3 is 0 Å². The zero-order chi connectivity index (χ0) is 9.54. The van der Waals surface area contributed by atoms with Crippen LogP contribution in [0.25, 0.3) is 0 Å². The number of hydrogen-bond donors (Lipinski definition) is 2. The number of aliphatic hydroxyl groups is 1. The fraction of sp³-hybridized carbons (Fsp3) is 1.00. The Morgan fingerprint density at radius 2 is 1.64 bits per heavy atom. The highest BCUT2D eigenvalue weighted by Gasteiger charge is 2.47. The zero-order valence-electron chi connectivity index (χ0n) is 8.91. The first-order valence-electron chi connectivity index (χ1n) is 6.39. The zero-order valence-corrected chi connectivity index (χ0v) is 8.91. The van der Waals surface area contributed by atoms with Crippen molar-refractivity contribution in [3.63, 3.8) is 0 Å². The summed E-state index contributed by atoms with van der Waals surface area (Å²) in [6.45, 7) is 2.75. The van der Waals surface area contributed by atoms with Gasteiger partial charge in [0.1, 0.15) is 0 Å². The second-order valence-corrected chi connectivity index (χ2v) is 5.54. The van der Waals surface area contributed by atoms with E-state index in [-0.39, 0.29) is 6.10 Å². The molecule has 1 aliphatic heterocycles. The van der Waals surface area contributed by atoms with Crippen molar-refractivity contribution in [1.82, 2.24) is 0 Å². The molecule has 2 saturated carbocycles. The maximum absolute atomic E-state index is 10.1. The van der Waals surface area contributed by atoms with Gasteiger partial charge < -0.3 is 10.0 Å². The second kappa shape index (κ2) is 3.49. The average Bonchev–Trinajstić information content (AvgIpc) is 2.76. The molecule has 2 N–H and O–H groups in total. The van der Waals surface area contributed by atoms with Gasteiger partial charge in [0.15, 0.2) is 0 Å². The Bertz CT molecular complexity index is 212. The summed E-state index contributed by atoms with van der Waals surface area (Å²) in [5.74, 6) is 1.32. The molecule has 80 valence electrons. The summed E-state index contributed by atoms with van der Waals surface area (Å²) in [4.78, 5) is 1.81. The van der Waals surface area contributed by atoms with Crippen LogP contribution in [-0.4, -0.2) is 30.3 Å². The first-order valence-corrected chi connectivity index (χ1v) is 6.39. The Kier molecular flexibility index (Phi) is 2.29. The molecule has 1 saturated heterocycles. The van der Waals surface area contributed by atoms with Gasteiger partial charge in [-0.15, -0.1) is 0 Å². The number of fused-ring (bicyclic) bond motifs is 2. The molecule has 0 amide bonds. The van der Waals surface area contributed by atoms with Crippen molar-refractivity contribution in [3.8, 4) is 0 Å². The molecule has 3 fully saturated rings. The van der Waals surface area contributed by atoms with Crippen LogP contribution in [0.3, 0.4) is 0 Å². The molecule has 1 heterocycles. The third-order valence-corrected chi connectivity index (χ3v) is 4.93. The van der Waals surface area contributed by atoms with E-state index >= 15 is 0 Å². The molecule has 2 aliphatic carbocycles. The third-order valence-electron chi connectivity index (χ3n) is 4.93. The van der Waals surface area contributed by atoms with Crippen LogP contribution in [0, 0.1) is 11.8 Å². The number of aliphatic hydroxyl groups excluding tert-OH is 1. The van der Waals surface area contributed by atoms with Gasteiger partial charge in [-0.1, -0.05) is 0 Å². The number of quaternary nitrogens is 1. The van der Waals surface area contributed by atoms with Crippen LogP contribution in [0.4, 0.5) is 0 Å². The molecule has 3 aliphatic rings. The van der Waals surface area contributed by atoms with Gasteiger partial charge in [-0.2, -0.15) is 0 Å². The maximum atomic E-state index is 10.1. The summed E-state index contributed by atoms with van der Waals surface area (Å²) in [6, 6.07) is 0.811. The van der Waals surface area contributed by atoms with E-state index in [1.807, 2.05) is 4.90 Å². The van der Waals surface area contributed by atoms with E-state index in [1.54, 1.807) is 0 Å². The lowest BCUT2D eigenvalue weighted by Crippen LogP contribution is -3.15. The third kappa shape index (κ3) is 1.31. The molecule has 0 spiro atoms. The molecular weight excluding hydrogens is 174 g/mol. The summed E-state index contributed by atoms with van der Waals surface area (Å²) in [5, 5.41) is 10.1. The number of likely N-dealkylation sites (tertiary alicyclic amines) is 1. The van der Waals surface area contributed by atoms with Crippen molar-refractivity contribution < 1.29 is 10.0 Å². The van der Waals surface area contributed by atoms with Crippen molar-refractivity contribution in [2.75, 3.05) is 13.1 Å². The number of rotatable bonds is 1. The predicted molar refractivity (Wildman–Crippen MR) is 55.2 cm³/mol. The van der Waals surface area contributed by atoms with E-state index in [9.17, 15) is 5.11 Å². The average molecular weight is 196 g/mol. The summed E-state index contributed by atoms with van der Waals surface area (Å²) >= 11 is 0. The van der Waals surface area contributed by atoms with Gasteiger partial charge in [-0.25, -0.2) is 0 Å². The monoisotopic (exact) mass is 196 g/mol. The molecule has 14 heavy (non-hydrogen) atoms. The van der Waals surface area contributed by atoms with E-state index in [1.165, 1.54) is 51.6 Å². The van der Waals surface area contributed by atoms with Crippen LogP contribution < -0.4 is 4.90 Å². The first kappa shape index (κ1) is 9.17. The summed E-state index contributed by atoms with van der Waals surface area (Å²) in [7, 11) is 0. The molecular formula is C12H22NO+. The number of hydrogen-bond acceptors (Lipinski definition) is 1. The van der Waals surface area contributed by atoms with Crippen LogP contribution in [0.15, 0.2) is 0 Å². The summed E-state index contributed by atoms with van der Waals surface area (Å²) in [5.41, 5.74) is 0. The van der Waals surface area contributed by atoms with Crippen molar-refractivity contribution in [2.45, 2.75) is 50.7 Å². The minimum atomic E-state index is 0.0573. The van der Waals surface area contributed by atoms with E-state index in [4.69, 9.17) is 0 Å². The second-order valence-electron chi connectivity index (χ2n) is 5.54. The molecule has 0 radical (unpaired) electrons. The molecule has 0 unspecified atom stereocenters. The van der Waals surface area contributed by atoms with Crippen molar-refractivity contribution in [2.24, 2.45) is 11.8 Å². The smallest absolute Gasteiger partial charge is 0.0928 e. The lowest BCUT2D eigenvalue weighted by molar-refractivity contribution is -0.919. The van der Waals surface area contributed by atoms with Crippen molar-refractivity contribution in [1.29, 1.82) is 0 Å². The molecule has 0 aromatic rings. The summed E-state index contributed by atoms with van der Waals surface area (Å²) < 4.78 is 0. The predicted octanol–water partition coefficient (Wildman–Crippen LogP) is 0.215. The van der Waals surface area contributed by atoms with Crippen LogP contribution in [0.1, 0.15) is 38.5 Å².